The number of ether oxygens (including phenoxy) is 2. The van der Waals surface area contributed by atoms with Gasteiger partial charge < -0.3 is 32.0 Å². The van der Waals surface area contributed by atoms with Crippen LogP contribution in [0.15, 0.2) is 193 Å². The van der Waals surface area contributed by atoms with Crippen molar-refractivity contribution < 1.29 is 26.0 Å². The van der Waals surface area contributed by atoms with Crippen molar-refractivity contribution in [1.29, 1.82) is 0 Å². The predicted octanol–water partition coefficient (Wildman–Crippen LogP) is 11.4. The SMILES string of the molecule is C[Si](C)(C)[C-]=C1CCC2(CCC1=[C-][Si](C)(C)C)OCCO2.[Ni+2].c1ccc(P(c2ccccc2)c2ccccc2)cc1.c1ccc(P(c2ccccc2)c2ccccc2)cc1. The van der Waals surface area contributed by atoms with Crippen LogP contribution in [0.25, 0.3) is 0 Å². The Labute approximate surface area is 376 Å². The monoisotopic (exact) mass is 904 g/mol. The molecule has 0 radical (unpaired) electrons. The van der Waals surface area contributed by atoms with Gasteiger partial charge in [0.2, 0.25) is 0 Å². The van der Waals surface area contributed by atoms with E-state index in [-0.39, 0.29) is 22.3 Å². The first-order valence-corrected chi connectivity index (χ1v) is 30.6. The fourth-order valence-electron chi connectivity index (χ4n) is 7.38. The van der Waals surface area contributed by atoms with E-state index in [1.807, 2.05) is 0 Å². The molecule has 1 aliphatic heterocycles. The van der Waals surface area contributed by atoms with Crippen LogP contribution in [0.4, 0.5) is 0 Å². The number of rotatable bonds is 8. The normalized spacial score (nSPS) is 16.3. The molecule has 0 unspecified atom stereocenters. The van der Waals surface area contributed by atoms with Gasteiger partial charge in [-0.1, -0.05) is 221 Å². The minimum absolute atomic E-state index is 0. The Hall–Kier alpha value is -3.49. The van der Waals surface area contributed by atoms with Crippen LogP contribution in [-0.4, -0.2) is 35.1 Å². The number of hydrogen-bond donors (Lipinski definition) is 0. The first-order valence-electron chi connectivity index (χ1n) is 21.0. The molecule has 2 nitrogen and oxygen atoms in total. The zero-order chi connectivity index (χ0) is 41.6. The van der Waals surface area contributed by atoms with Gasteiger partial charge in [-0.15, -0.1) is 12.8 Å². The van der Waals surface area contributed by atoms with E-state index >= 15 is 0 Å². The zero-order valence-corrected chi connectivity index (χ0v) is 40.9. The maximum Gasteiger partial charge on any atom is 2.00 e. The maximum absolute atomic E-state index is 5.94. The molecule has 8 rings (SSSR count). The second kappa shape index (κ2) is 23.1. The van der Waals surface area contributed by atoms with Crippen molar-refractivity contribution in [3.05, 3.63) is 205 Å². The van der Waals surface area contributed by atoms with E-state index in [2.05, 4.69) is 233 Å². The zero-order valence-electron chi connectivity index (χ0n) is 36.1. The van der Waals surface area contributed by atoms with Gasteiger partial charge in [0.05, 0.1) is 13.2 Å². The minimum Gasteiger partial charge on any atom is -0.377 e. The third-order valence-electron chi connectivity index (χ3n) is 9.83. The molecule has 0 N–H and O–H groups in total. The van der Waals surface area contributed by atoms with Gasteiger partial charge in [0.25, 0.3) is 0 Å². The standard InChI is InChI=1S/2C18H15P.C17H30O2Si2.Ni/c2*1-4-10-16(11-5-1)19(17-12-6-2-7-13-17)18-14-8-3-9-15-18;1-20(2,3)13-15-7-9-17(18-11-12-19-17)10-8-16(15)14-21(4,5)6;/h2*1-15H;7-12H2,1-6H3;/q;;-2;+2. The Balaban J connectivity index is 0.000000169. The molecular formula is C53H60NiO2P2Si2. The third kappa shape index (κ3) is 14.6. The van der Waals surface area contributed by atoms with Crippen LogP contribution in [0.1, 0.15) is 25.7 Å². The molecule has 7 heteroatoms. The molecule has 0 amide bonds. The molecule has 2 fully saturated rings. The average Bonchev–Trinajstić information content (AvgIpc) is 3.66. The van der Waals surface area contributed by atoms with Crippen LogP contribution in [0.3, 0.4) is 0 Å². The maximum atomic E-state index is 5.94. The number of allylic oxidation sites excluding steroid dienone is 2. The van der Waals surface area contributed by atoms with Gasteiger partial charge in [-0.2, -0.15) is 0 Å². The number of hydrogen-bond acceptors (Lipinski definition) is 2. The molecule has 1 saturated heterocycles. The molecule has 1 saturated carbocycles. The minimum atomic E-state index is -1.35. The first-order chi connectivity index (χ1) is 28.5. The van der Waals surface area contributed by atoms with Crippen LogP contribution in [0, 0.1) is 11.4 Å². The molecule has 1 spiro atoms. The smallest absolute Gasteiger partial charge is 0.377 e. The second-order valence-corrected chi connectivity index (χ2v) is 30.9. The van der Waals surface area contributed by atoms with Crippen LogP contribution in [0.2, 0.25) is 39.3 Å². The van der Waals surface area contributed by atoms with E-state index < -0.39 is 32.0 Å². The van der Waals surface area contributed by atoms with Gasteiger partial charge >= 0.3 is 16.5 Å². The molecule has 0 atom stereocenters. The summed E-state index contributed by atoms with van der Waals surface area (Å²) >= 11 is 0. The molecule has 0 bridgehead atoms. The summed E-state index contributed by atoms with van der Waals surface area (Å²) in [7, 11) is -3.59. The van der Waals surface area contributed by atoms with E-state index in [1.165, 1.54) is 43.0 Å². The fourth-order valence-corrected chi connectivity index (χ4v) is 14.4. The van der Waals surface area contributed by atoms with Crippen molar-refractivity contribution in [2.24, 2.45) is 0 Å². The number of benzene rings is 6. The van der Waals surface area contributed by atoms with Crippen LogP contribution in [-0.2, 0) is 26.0 Å². The summed E-state index contributed by atoms with van der Waals surface area (Å²) in [6.45, 7) is 15.6. The van der Waals surface area contributed by atoms with Crippen molar-refractivity contribution in [1.82, 2.24) is 0 Å². The van der Waals surface area contributed by atoms with Crippen LogP contribution < -0.4 is 31.8 Å². The van der Waals surface area contributed by atoms with E-state index in [1.54, 1.807) is 0 Å². The Bertz CT molecular complexity index is 1840. The summed E-state index contributed by atoms with van der Waals surface area (Å²) in [6.07, 6.45) is 3.99. The van der Waals surface area contributed by atoms with E-state index in [0.29, 0.717) is 0 Å². The Morgan fingerprint density at radius 1 is 0.383 bits per heavy atom. The molecule has 6 aromatic rings. The topological polar surface area (TPSA) is 18.5 Å². The Morgan fingerprint density at radius 3 is 0.800 bits per heavy atom. The summed E-state index contributed by atoms with van der Waals surface area (Å²) in [4.78, 5) is 0. The Kier molecular flexibility index (Phi) is 18.3. The Morgan fingerprint density at radius 2 is 0.600 bits per heavy atom. The average molecular weight is 906 g/mol. The van der Waals surface area contributed by atoms with Crippen molar-refractivity contribution in [3.63, 3.8) is 0 Å². The van der Waals surface area contributed by atoms with Gasteiger partial charge in [0, 0.05) is 0 Å². The quantitative estimate of drug-likeness (QED) is 0.0861. The molecule has 1 aliphatic carbocycles. The van der Waals surface area contributed by atoms with Gasteiger partial charge in [-0.3, -0.25) is 0 Å². The fraction of sp³-hybridized carbons (Fsp3) is 0.245. The molecule has 0 aromatic heterocycles. The summed E-state index contributed by atoms with van der Waals surface area (Å²) < 4.78 is 11.9. The van der Waals surface area contributed by atoms with E-state index in [0.717, 1.165) is 38.9 Å². The molecule has 1 heterocycles. The summed E-state index contributed by atoms with van der Waals surface area (Å²) in [5.41, 5.74) is 10.5. The molecule has 60 heavy (non-hydrogen) atoms. The van der Waals surface area contributed by atoms with Crippen molar-refractivity contribution in [2.75, 3.05) is 13.2 Å². The van der Waals surface area contributed by atoms with Crippen molar-refractivity contribution in [2.45, 2.75) is 70.8 Å². The van der Waals surface area contributed by atoms with Gasteiger partial charge in [-0.25, -0.2) is 0 Å². The first kappa shape index (κ1) is 47.6. The summed E-state index contributed by atoms with van der Waals surface area (Å²) in [5, 5.41) is 8.39. The predicted molar refractivity (Wildman–Crippen MR) is 264 cm³/mol. The molecule has 6 aromatic carbocycles. The molecule has 2 aliphatic rings. The molecular weight excluding hydrogens is 845 g/mol. The van der Waals surface area contributed by atoms with E-state index in [4.69, 9.17) is 9.47 Å². The van der Waals surface area contributed by atoms with Crippen molar-refractivity contribution in [3.8, 4) is 0 Å². The molecule has 312 valence electrons. The largest absolute Gasteiger partial charge is 2.00 e. The second-order valence-electron chi connectivity index (χ2n) is 17.0. The van der Waals surface area contributed by atoms with Crippen LogP contribution >= 0.6 is 15.8 Å². The van der Waals surface area contributed by atoms with Gasteiger partial charge in [-0.05, 0) is 76.7 Å². The van der Waals surface area contributed by atoms with Gasteiger partial charge in [0.15, 0.2) is 5.79 Å². The summed E-state index contributed by atoms with van der Waals surface area (Å²) in [6, 6.07) is 64.7. The van der Waals surface area contributed by atoms with Crippen LogP contribution in [0.5, 0.6) is 0 Å². The van der Waals surface area contributed by atoms with Crippen molar-refractivity contribution >= 4 is 63.8 Å². The third-order valence-corrected chi connectivity index (χ3v) is 16.8. The van der Waals surface area contributed by atoms with E-state index in [9.17, 15) is 0 Å². The van der Waals surface area contributed by atoms with Gasteiger partial charge in [0.1, 0.15) is 0 Å². The summed E-state index contributed by atoms with van der Waals surface area (Å²) in [5.74, 6) is -0.324.